The van der Waals surface area contributed by atoms with Gasteiger partial charge in [-0.25, -0.2) is 0 Å². The van der Waals surface area contributed by atoms with E-state index in [9.17, 15) is 0 Å². The van der Waals surface area contributed by atoms with Crippen LogP contribution in [0.2, 0.25) is 0 Å². The molecule has 1 aliphatic heterocycles. The van der Waals surface area contributed by atoms with Gasteiger partial charge < -0.3 is 15.4 Å². The molecule has 0 atom stereocenters. The first-order valence-corrected chi connectivity index (χ1v) is 6.91. The van der Waals surface area contributed by atoms with Crippen molar-refractivity contribution >= 4 is 11.4 Å². The summed E-state index contributed by atoms with van der Waals surface area (Å²) < 4.78 is 5.44. The van der Waals surface area contributed by atoms with Crippen molar-refractivity contribution in [3.05, 3.63) is 18.2 Å². The highest BCUT2D eigenvalue weighted by Gasteiger charge is 2.43. The van der Waals surface area contributed by atoms with Crippen molar-refractivity contribution in [2.75, 3.05) is 30.8 Å². The van der Waals surface area contributed by atoms with Gasteiger partial charge in [-0.3, -0.25) is 0 Å². The lowest BCUT2D eigenvalue weighted by atomic mass is 9.68. The van der Waals surface area contributed by atoms with Gasteiger partial charge in [-0.2, -0.15) is 0 Å². The Kier molecular flexibility index (Phi) is 2.84. The molecule has 1 aromatic rings. The Hall–Kier alpha value is -1.38. The third-order valence-electron chi connectivity index (χ3n) is 4.51. The maximum Gasteiger partial charge on any atom is 0.144 e. The number of nitrogens with zero attached hydrogens (tertiary/aromatic N) is 1. The van der Waals surface area contributed by atoms with Crippen LogP contribution >= 0.6 is 0 Å². The summed E-state index contributed by atoms with van der Waals surface area (Å²) in [6, 6.07) is 5.97. The lowest BCUT2D eigenvalue weighted by Gasteiger charge is -2.53. The van der Waals surface area contributed by atoms with E-state index in [2.05, 4.69) is 11.0 Å². The van der Waals surface area contributed by atoms with E-state index in [0.29, 0.717) is 5.41 Å². The number of benzene rings is 1. The second-order valence-electron chi connectivity index (χ2n) is 5.85. The van der Waals surface area contributed by atoms with Crippen molar-refractivity contribution in [3.8, 4) is 5.75 Å². The van der Waals surface area contributed by atoms with Crippen LogP contribution in [0.5, 0.6) is 5.75 Å². The highest BCUT2D eigenvalue weighted by molar-refractivity contribution is 5.65. The van der Waals surface area contributed by atoms with Crippen molar-refractivity contribution in [2.45, 2.75) is 32.1 Å². The molecule has 2 N–H and O–H groups in total. The highest BCUT2D eigenvalue weighted by Crippen LogP contribution is 2.47. The fraction of sp³-hybridized carbons (Fsp3) is 0.600. The monoisotopic (exact) mass is 246 g/mol. The molecule has 0 radical (unpaired) electrons. The van der Waals surface area contributed by atoms with Crippen LogP contribution in [0.3, 0.4) is 0 Å². The number of ether oxygens (including phenoxy) is 1. The summed E-state index contributed by atoms with van der Waals surface area (Å²) >= 11 is 0. The summed E-state index contributed by atoms with van der Waals surface area (Å²) in [5, 5.41) is 0. The van der Waals surface area contributed by atoms with Crippen molar-refractivity contribution in [3.63, 3.8) is 0 Å². The molecule has 1 aromatic carbocycles. The molecule has 1 saturated heterocycles. The molecule has 0 bridgehead atoms. The summed E-state index contributed by atoms with van der Waals surface area (Å²) in [5.41, 5.74) is 8.37. The molecule has 1 spiro atoms. The predicted octanol–water partition coefficient (Wildman–Crippen LogP) is 3.05. The van der Waals surface area contributed by atoms with Gasteiger partial charge in [0.15, 0.2) is 0 Å². The Morgan fingerprint density at radius 2 is 1.89 bits per heavy atom. The zero-order valence-corrected chi connectivity index (χ0v) is 11.1. The van der Waals surface area contributed by atoms with Crippen LogP contribution in [0.4, 0.5) is 11.4 Å². The van der Waals surface area contributed by atoms with E-state index in [1.165, 1.54) is 50.9 Å². The van der Waals surface area contributed by atoms with Crippen LogP contribution in [0.25, 0.3) is 0 Å². The molecular weight excluding hydrogens is 224 g/mol. The summed E-state index contributed by atoms with van der Waals surface area (Å²) in [4.78, 5) is 2.43. The average Bonchev–Trinajstić information content (AvgIpc) is 2.37. The smallest absolute Gasteiger partial charge is 0.144 e. The van der Waals surface area contributed by atoms with Crippen LogP contribution in [-0.2, 0) is 0 Å². The number of rotatable bonds is 2. The third kappa shape index (κ3) is 1.92. The van der Waals surface area contributed by atoms with Crippen LogP contribution in [0.15, 0.2) is 18.2 Å². The van der Waals surface area contributed by atoms with E-state index >= 15 is 0 Å². The highest BCUT2D eigenvalue weighted by atomic mass is 16.5. The van der Waals surface area contributed by atoms with E-state index in [0.717, 1.165) is 11.4 Å². The van der Waals surface area contributed by atoms with E-state index in [-0.39, 0.29) is 0 Å². The van der Waals surface area contributed by atoms with Crippen LogP contribution in [-0.4, -0.2) is 20.2 Å². The molecule has 2 aliphatic rings. The van der Waals surface area contributed by atoms with Gasteiger partial charge in [-0.05, 0) is 25.0 Å². The zero-order valence-electron chi connectivity index (χ0n) is 11.1. The molecule has 0 amide bonds. The van der Waals surface area contributed by atoms with Crippen molar-refractivity contribution in [2.24, 2.45) is 5.41 Å². The lowest BCUT2D eigenvalue weighted by molar-refractivity contribution is 0.139. The van der Waals surface area contributed by atoms with Crippen molar-refractivity contribution < 1.29 is 4.74 Å². The summed E-state index contributed by atoms with van der Waals surface area (Å²) in [6.45, 7) is 2.38. The van der Waals surface area contributed by atoms with Gasteiger partial charge in [-0.1, -0.05) is 19.3 Å². The largest absolute Gasteiger partial charge is 0.495 e. The fourth-order valence-corrected chi connectivity index (χ4v) is 3.51. The molecule has 3 heteroatoms. The second-order valence-corrected chi connectivity index (χ2v) is 5.85. The molecule has 98 valence electrons. The van der Waals surface area contributed by atoms with Crippen LogP contribution < -0.4 is 15.4 Å². The summed E-state index contributed by atoms with van der Waals surface area (Å²) in [7, 11) is 1.72. The first kappa shape index (κ1) is 11.7. The number of methoxy groups -OCH3 is 1. The topological polar surface area (TPSA) is 38.5 Å². The third-order valence-corrected chi connectivity index (χ3v) is 4.51. The molecule has 2 fully saturated rings. The molecule has 1 saturated carbocycles. The minimum absolute atomic E-state index is 0.602. The molecule has 3 rings (SSSR count). The molecule has 0 unspecified atom stereocenters. The SMILES string of the molecule is COc1cc(N)ccc1N1CC2(CCCCC2)C1. The van der Waals surface area contributed by atoms with Gasteiger partial charge in [0.1, 0.15) is 5.75 Å². The van der Waals surface area contributed by atoms with Crippen molar-refractivity contribution in [1.29, 1.82) is 0 Å². The Morgan fingerprint density at radius 1 is 1.17 bits per heavy atom. The normalized spacial score (nSPS) is 21.7. The predicted molar refractivity (Wildman–Crippen MR) is 75.1 cm³/mol. The zero-order chi connectivity index (χ0) is 12.6. The van der Waals surface area contributed by atoms with Crippen LogP contribution in [0.1, 0.15) is 32.1 Å². The Morgan fingerprint density at radius 3 is 2.56 bits per heavy atom. The summed E-state index contributed by atoms with van der Waals surface area (Å²) in [5.74, 6) is 0.903. The molecule has 1 heterocycles. The minimum atomic E-state index is 0.602. The van der Waals surface area contributed by atoms with E-state index in [1.807, 2.05) is 12.1 Å². The maximum absolute atomic E-state index is 5.80. The van der Waals surface area contributed by atoms with Crippen molar-refractivity contribution in [1.82, 2.24) is 0 Å². The van der Waals surface area contributed by atoms with E-state index in [1.54, 1.807) is 7.11 Å². The summed E-state index contributed by atoms with van der Waals surface area (Å²) in [6.07, 6.45) is 7.05. The first-order valence-electron chi connectivity index (χ1n) is 6.91. The molecular formula is C15H22N2O. The number of anilines is 2. The molecule has 3 nitrogen and oxygen atoms in total. The van der Waals surface area contributed by atoms with E-state index in [4.69, 9.17) is 10.5 Å². The number of nitrogen functional groups attached to an aromatic ring is 1. The molecule has 0 aromatic heterocycles. The average molecular weight is 246 g/mol. The van der Waals surface area contributed by atoms with Crippen LogP contribution in [0, 0.1) is 5.41 Å². The number of hydrogen-bond acceptors (Lipinski definition) is 3. The molecule has 18 heavy (non-hydrogen) atoms. The van der Waals surface area contributed by atoms with Gasteiger partial charge in [-0.15, -0.1) is 0 Å². The van der Waals surface area contributed by atoms with Gasteiger partial charge in [0.2, 0.25) is 0 Å². The van der Waals surface area contributed by atoms with E-state index < -0.39 is 0 Å². The minimum Gasteiger partial charge on any atom is -0.495 e. The Bertz CT molecular complexity index is 430. The van der Waals surface area contributed by atoms with Gasteiger partial charge in [0.05, 0.1) is 12.8 Å². The first-order chi connectivity index (χ1) is 8.72. The van der Waals surface area contributed by atoms with Gasteiger partial charge in [0.25, 0.3) is 0 Å². The van der Waals surface area contributed by atoms with Gasteiger partial charge in [0, 0.05) is 30.3 Å². The molecule has 1 aliphatic carbocycles. The quantitative estimate of drug-likeness (QED) is 0.815. The maximum atomic E-state index is 5.80. The Balaban J connectivity index is 1.74. The number of hydrogen-bond donors (Lipinski definition) is 1. The Labute approximate surface area is 109 Å². The van der Waals surface area contributed by atoms with Gasteiger partial charge >= 0.3 is 0 Å². The standard InChI is InChI=1S/C15H22N2O/c1-18-14-9-12(16)5-6-13(14)17-10-15(11-17)7-3-2-4-8-15/h5-6,9H,2-4,7-8,10-11,16H2,1H3. The lowest BCUT2D eigenvalue weighted by Crippen LogP contribution is -2.57. The second kappa shape index (κ2) is 4.38. The fourth-order valence-electron chi connectivity index (χ4n) is 3.51. The number of nitrogens with two attached hydrogens (primary N) is 1.